The van der Waals surface area contributed by atoms with Gasteiger partial charge in [0.1, 0.15) is 10.9 Å². The third-order valence-corrected chi connectivity index (χ3v) is 4.31. The average molecular weight is 376 g/mol. The zero-order valence-corrected chi connectivity index (χ0v) is 13.9. The van der Waals surface area contributed by atoms with Crippen LogP contribution < -0.4 is 0 Å². The molecule has 2 aromatic heterocycles. The maximum atomic E-state index is 5.97. The molecule has 1 aliphatic carbocycles. The van der Waals surface area contributed by atoms with Gasteiger partial charge in [0.2, 0.25) is 5.95 Å². The number of benzene rings is 1. The first-order chi connectivity index (χ1) is 10.7. The second-order valence-corrected chi connectivity index (χ2v) is 6.61. The van der Waals surface area contributed by atoms with Crippen LogP contribution in [0.25, 0.3) is 17.2 Å². The second kappa shape index (κ2) is 5.48. The minimum Gasteiger partial charge on any atom is -0.273 e. The molecule has 0 atom stereocenters. The Morgan fingerprint density at radius 1 is 1.14 bits per heavy atom. The zero-order chi connectivity index (χ0) is 15.1. The Morgan fingerprint density at radius 2 is 1.91 bits per heavy atom. The number of hydrogen-bond acceptors (Lipinski definition) is 3. The molecule has 1 fully saturated rings. The molecule has 0 amide bonds. The highest BCUT2D eigenvalue weighted by Gasteiger charge is 2.26. The van der Waals surface area contributed by atoms with Crippen molar-refractivity contribution in [3.63, 3.8) is 0 Å². The van der Waals surface area contributed by atoms with Crippen LogP contribution in [0.1, 0.15) is 24.5 Å². The summed E-state index contributed by atoms with van der Waals surface area (Å²) in [5, 5.41) is 0.721. The Balaban J connectivity index is 1.83. The summed E-state index contributed by atoms with van der Waals surface area (Å²) in [5.74, 6) is 1.20. The fourth-order valence-electron chi connectivity index (χ4n) is 2.33. The van der Waals surface area contributed by atoms with Gasteiger partial charge in [0.15, 0.2) is 0 Å². The molecule has 2 heterocycles. The Hall–Kier alpha value is -1.72. The summed E-state index contributed by atoms with van der Waals surface area (Å²) in [7, 11) is 0. The van der Waals surface area contributed by atoms with Gasteiger partial charge in [0.25, 0.3) is 0 Å². The Bertz CT molecular complexity index is 824. The van der Waals surface area contributed by atoms with Gasteiger partial charge in [-0.25, -0.2) is 15.0 Å². The lowest BCUT2D eigenvalue weighted by atomic mass is 10.1. The van der Waals surface area contributed by atoms with E-state index in [1.165, 1.54) is 12.8 Å². The van der Waals surface area contributed by atoms with E-state index < -0.39 is 0 Å². The number of halogens is 2. The van der Waals surface area contributed by atoms with Gasteiger partial charge < -0.3 is 0 Å². The second-order valence-electron chi connectivity index (χ2n) is 5.36. The number of rotatable bonds is 3. The minimum atomic E-state index is 0.555. The minimum absolute atomic E-state index is 0.555. The molecule has 0 spiro atoms. The van der Waals surface area contributed by atoms with Crippen molar-refractivity contribution in [2.24, 2.45) is 0 Å². The molecule has 0 bridgehead atoms. The van der Waals surface area contributed by atoms with Crippen molar-refractivity contribution >= 4 is 27.5 Å². The van der Waals surface area contributed by atoms with Crippen LogP contribution in [0.4, 0.5) is 0 Å². The lowest BCUT2D eigenvalue weighted by Gasteiger charge is -2.08. The molecule has 0 aliphatic heterocycles. The van der Waals surface area contributed by atoms with Crippen LogP contribution >= 0.6 is 27.5 Å². The SMILES string of the molecule is Clc1ccc(-c2cc(C3CC3)nc(-n3cnc(Br)c3)n2)cc1. The third-order valence-electron chi connectivity index (χ3n) is 3.65. The molecule has 22 heavy (non-hydrogen) atoms. The summed E-state index contributed by atoms with van der Waals surface area (Å²) in [6.45, 7) is 0. The Morgan fingerprint density at radius 3 is 2.55 bits per heavy atom. The molecule has 0 saturated heterocycles. The van der Waals surface area contributed by atoms with Crippen molar-refractivity contribution in [3.8, 4) is 17.2 Å². The smallest absolute Gasteiger partial charge is 0.235 e. The fourth-order valence-corrected chi connectivity index (χ4v) is 2.77. The molecule has 3 aromatic rings. The number of imidazole rings is 1. The van der Waals surface area contributed by atoms with E-state index in [1.807, 2.05) is 35.0 Å². The summed E-state index contributed by atoms with van der Waals surface area (Å²) < 4.78 is 2.59. The Labute approximate surface area is 141 Å². The van der Waals surface area contributed by atoms with Crippen molar-refractivity contribution in [2.75, 3.05) is 0 Å². The summed E-state index contributed by atoms with van der Waals surface area (Å²) in [4.78, 5) is 13.5. The molecule has 1 aliphatic rings. The molecular weight excluding hydrogens is 364 g/mol. The molecule has 0 radical (unpaired) electrons. The maximum Gasteiger partial charge on any atom is 0.235 e. The van der Waals surface area contributed by atoms with Gasteiger partial charge in [-0.05, 0) is 47.0 Å². The summed E-state index contributed by atoms with van der Waals surface area (Å²) in [6, 6.07) is 9.80. The van der Waals surface area contributed by atoms with E-state index in [2.05, 4.69) is 36.9 Å². The monoisotopic (exact) mass is 374 g/mol. The molecule has 0 N–H and O–H groups in total. The fraction of sp³-hybridized carbons (Fsp3) is 0.188. The van der Waals surface area contributed by atoms with E-state index in [0.717, 1.165) is 26.6 Å². The lowest BCUT2D eigenvalue weighted by Crippen LogP contribution is -2.03. The molecule has 4 rings (SSSR count). The van der Waals surface area contributed by atoms with Crippen LogP contribution in [0.3, 0.4) is 0 Å². The summed E-state index contributed by atoms with van der Waals surface area (Å²) in [5.41, 5.74) is 3.04. The van der Waals surface area contributed by atoms with Crippen LogP contribution in [0.15, 0.2) is 47.5 Å². The quantitative estimate of drug-likeness (QED) is 0.671. The van der Waals surface area contributed by atoms with Gasteiger partial charge in [0, 0.05) is 28.4 Å². The standard InChI is InChI=1S/C16H12BrClN4/c17-15-8-22(9-19-15)16-20-13(10-1-2-10)7-14(21-16)11-3-5-12(18)6-4-11/h3-10H,1-2H2. The highest BCUT2D eigenvalue weighted by Crippen LogP contribution is 2.40. The highest BCUT2D eigenvalue weighted by molar-refractivity contribution is 9.10. The molecule has 110 valence electrons. The van der Waals surface area contributed by atoms with Crippen molar-refractivity contribution in [3.05, 3.63) is 58.2 Å². The summed E-state index contributed by atoms with van der Waals surface area (Å²) >= 11 is 9.33. The highest BCUT2D eigenvalue weighted by atomic mass is 79.9. The van der Waals surface area contributed by atoms with Crippen molar-refractivity contribution in [2.45, 2.75) is 18.8 Å². The van der Waals surface area contributed by atoms with E-state index in [-0.39, 0.29) is 0 Å². The number of hydrogen-bond donors (Lipinski definition) is 0. The Kier molecular flexibility index (Phi) is 3.47. The van der Waals surface area contributed by atoms with E-state index in [9.17, 15) is 0 Å². The van der Waals surface area contributed by atoms with Crippen molar-refractivity contribution < 1.29 is 0 Å². The lowest BCUT2D eigenvalue weighted by molar-refractivity contribution is 0.884. The van der Waals surface area contributed by atoms with Gasteiger partial charge in [-0.1, -0.05) is 23.7 Å². The molecule has 6 heteroatoms. The first-order valence-corrected chi connectivity index (χ1v) is 8.21. The van der Waals surface area contributed by atoms with E-state index in [1.54, 1.807) is 6.33 Å². The van der Waals surface area contributed by atoms with Crippen LogP contribution in [0.5, 0.6) is 0 Å². The molecule has 0 unspecified atom stereocenters. The number of nitrogens with zero attached hydrogens (tertiary/aromatic N) is 4. The van der Waals surface area contributed by atoms with Crippen molar-refractivity contribution in [1.82, 2.24) is 19.5 Å². The first kappa shape index (κ1) is 13.9. The topological polar surface area (TPSA) is 43.6 Å². The van der Waals surface area contributed by atoms with Crippen molar-refractivity contribution in [1.29, 1.82) is 0 Å². The molecule has 1 saturated carbocycles. The van der Waals surface area contributed by atoms with E-state index in [0.29, 0.717) is 11.9 Å². The molecule has 1 aromatic carbocycles. The van der Waals surface area contributed by atoms with Gasteiger partial charge in [-0.2, -0.15) is 0 Å². The van der Waals surface area contributed by atoms with Gasteiger partial charge >= 0.3 is 0 Å². The first-order valence-electron chi connectivity index (χ1n) is 7.04. The van der Waals surface area contributed by atoms with Gasteiger partial charge in [-0.15, -0.1) is 0 Å². The van der Waals surface area contributed by atoms with Gasteiger partial charge in [0.05, 0.1) is 5.69 Å². The average Bonchev–Trinajstić information content (AvgIpc) is 3.29. The van der Waals surface area contributed by atoms with Crippen LogP contribution in [-0.2, 0) is 0 Å². The number of aromatic nitrogens is 4. The maximum absolute atomic E-state index is 5.97. The molecular formula is C16H12BrClN4. The normalized spacial score (nSPS) is 14.3. The van der Waals surface area contributed by atoms with E-state index in [4.69, 9.17) is 11.6 Å². The van der Waals surface area contributed by atoms with Gasteiger partial charge in [-0.3, -0.25) is 4.57 Å². The largest absolute Gasteiger partial charge is 0.273 e. The van der Waals surface area contributed by atoms with Crippen LogP contribution in [-0.4, -0.2) is 19.5 Å². The molecule has 4 nitrogen and oxygen atoms in total. The summed E-state index contributed by atoms with van der Waals surface area (Å²) in [6.07, 6.45) is 5.97. The van der Waals surface area contributed by atoms with Crippen LogP contribution in [0, 0.1) is 0 Å². The van der Waals surface area contributed by atoms with Crippen LogP contribution in [0.2, 0.25) is 5.02 Å². The predicted molar refractivity (Wildman–Crippen MR) is 89.3 cm³/mol. The third kappa shape index (κ3) is 2.78. The predicted octanol–water partition coefficient (Wildman–Crippen LogP) is 4.62. The zero-order valence-electron chi connectivity index (χ0n) is 11.6. The van der Waals surface area contributed by atoms with E-state index >= 15 is 0 Å².